The molecule has 4 rings (SSSR count). The van der Waals surface area contributed by atoms with Crippen molar-refractivity contribution in [2.24, 2.45) is 5.41 Å². The minimum absolute atomic E-state index is 0.101. The zero-order chi connectivity index (χ0) is 26.5. The molecule has 1 amide bonds. The number of benzene rings is 2. The summed E-state index contributed by atoms with van der Waals surface area (Å²) in [5.41, 5.74) is 2.44. The number of nitrogens with zero attached hydrogens (tertiary/aromatic N) is 3. The second-order valence-corrected chi connectivity index (χ2v) is 12.5. The molecule has 36 heavy (non-hydrogen) atoms. The van der Waals surface area contributed by atoms with Crippen LogP contribution in [0.4, 0.5) is 5.69 Å². The number of hydrogen-bond acceptors (Lipinski definition) is 3. The molecule has 198 valence electrons. The van der Waals surface area contributed by atoms with Crippen LogP contribution in [0.3, 0.4) is 0 Å². The van der Waals surface area contributed by atoms with Crippen LogP contribution in [0.2, 0.25) is 15.1 Å². The van der Waals surface area contributed by atoms with Crippen LogP contribution in [0.5, 0.6) is 0 Å². The van der Waals surface area contributed by atoms with E-state index in [4.69, 9.17) is 34.8 Å². The van der Waals surface area contributed by atoms with Crippen molar-refractivity contribution in [3.63, 3.8) is 0 Å². The maximum atomic E-state index is 12.0. The van der Waals surface area contributed by atoms with Gasteiger partial charge in [-0.25, -0.2) is 0 Å². The van der Waals surface area contributed by atoms with Crippen molar-refractivity contribution in [3.05, 3.63) is 63.1 Å². The van der Waals surface area contributed by atoms with Gasteiger partial charge in [-0.15, -0.1) is 0 Å². The lowest BCUT2D eigenvalue weighted by molar-refractivity contribution is -0.135. The molecule has 2 fully saturated rings. The third-order valence-corrected chi connectivity index (χ3v) is 7.79. The first-order chi connectivity index (χ1) is 16.9. The van der Waals surface area contributed by atoms with Crippen LogP contribution in [0.15, 0.2) is 42.5 Å². The van der Waals surface area contributed by atoms with Crippen LogP contribution >= 0.6 is 34.8 Å². The Morgan fingerprint density at radius 2 is 1.61 bits per heavy atom. The van der Waals surface area contributed by atoms with Crippen LogP contribution in [0.25, 0.3) is 0 Å². The molecule has 2 atom stereocenters. The molecule has 2 aromatic carbocycles. The average Bonchev–Trinajstić information content (AvgIpc) is 2.81. The number of likely N-dealkylation sites (N-methyl/N-ethyl adjacent to an activating group) is 1. The zero-order valence-corrected chi connectivity index (χ0v) is 24.5. The number of piperazine rings is 1. The molecule has 0 bridgehead atoms. The summed E-state index contributed by atoms with van der Waals surface area (Å²) in [4.78, 5) is 18.7. The summed E-state index contributed by atoms with van der Waals surface area (Å²) in [6.45, 7) is 12.3. The summed E-state index contributed by atoms with van der Waals surface area (Å²) in [6.07, 6.45) is 4.17. The minimum atomic E-state index is 0.101. The molecular formula is C29H40Cl3N3O. The van der Waals surface area contributed by atoms with E-state index in [9.17, 15) is 4.79 Å². The van der Waals surface area contributed by atoms with E-state index in [0.717, 1.165) is 48.2 Å². The second-order valence-electron chi connectivity index (χ2n) is 11.3. The van der Waals surface area contributed by atoms with Gasteiger partial charge in [0.1, 0.15) is 0 Å². The zero-order valence-electron chi connectivity index (χ0n) is 22.2. The highest BCUT2D eigenvalue weighted by Gasteiger charge is 2.27. The molecule has 0 aromatic heterocycles. The van der Waals surface area contributed by atoms with E-state index in [1.54, 1.807) is 0 Å². The molecule has 2 aromatic rings. The summed E-state index contributed by atoms with van der Waals surface area (Å²) >= 11 is 18.4. The van der Waals surface area contributed by atoms with E-state index >= 15 is 0 Å². The topological polar surface area (TPSA) is 26.8 Å². The SMILES string of the molecule is CC1CN(C(=O)CC(C)(C)C)CCN1C.Clc1ccc(N2CCCCC2c2ccc(Cl)cc2Cl)cc1. The molecule has 0 aliphatic carbocycles. The Morgan fingerprint density at radius 1 is 0.944 bits per heavy atom. The van der Waals surface area contributed by atoms with Crippen molar-refractivity contribution in [1.29, 1.82) is 0 Å². The fraction of sp³-hybridized carbons (Fsp3) is 0.552. The molecule has 7 heteroatoms. The van der Waals surface area contributed by atoms with Crippen molar-refractivity contribution in [3.8, 4) is 0 Å². The maximum absolute atomic E-state index is 12.0. The Balaban J connectivity index is 0.000000214. The van der Waals surface area contributed by atoms with Crippen LogP contribution in [-0.4, -0.2) is 55.0 Å². The highest BCUT2D eigenvalue weighted by molar-refractivity contribution is 6.35. The third kappa shape index (κ3) is 8.28. The Labute approximate surface area is 232 Å². The Hall–Kier alpha value is -1.46. The van der Waals surface area contributed by atoms with Crippen molar-refractivity contribution >= 4 is 46.4 Å². The Morgan fingerprint density at radius 3 is 2.22 bits per heavy atom. The molecule has 0 saturated carbocycles. The lowest BCUT2D eigenvalue weighted by atomic mass is 9.91. The standard InChI is InChI=1S/C17H16Cl3N.C12H24N2O/c18-12-4-7-14(8-5-12)21-10-2-1-3-17(21)15-9-6-13(19)11-16(15)20;1-10-9-14(7-6-13(10)5)11(15)8-12(2,3)4/h4-9,11,17H,1-3,10H2;10H,6-9H2,1-5H3. The number of carbonyl (C=O) groups excluding carboxylic acids is 1. The minimum Gasteiger partial charge on any atom is -0.364 e. The first-order valence-corrected chi connectivity index (χ1v) is 14.0. The quantitative estimate of drug-likeness (QED) is 0.386. The summed E-state index contributed by atoms with van der Waals surface area (Å²) in [6, 6.07) is 14.6. The van der Waals surface area contributed by atoms with Gasteiger partial charge in [-0.1, -0.05) is 61.6 Å². The molecule has 2 aliphatic rings. The number of halogens is 3. The van der Waals surface area contributed by atoms with Gasteiger partial charge < -0.3 is 14.7 Å². The lowest BCUT2D eigenvalue weighted by Gasteiger charge is -2.38. The van der Waals surface area contributed by atoms with Crippen molar-refractivity contribution < 1.29 is 4.79 Å². The molecule has 4 nitrogen and oxygen atoms in total. The molecule has 0 N–H and O–H groups in total. The molecule has 0 radical (unpaired) electrons. The van der Waals surface area contributed by atoms with Crippen molar-refractivity contribution in [2.45, 2.75) is 65.5 Å². The van der Waals surface area contributed by atoms with Gasteiger partial charge in [0.15, 0.2) is 0 Å². The normalized spacial score (nSPS) is 21.1. The molecule has 2 unspecified atom stereocenters. The van der Waals surface area contributed by atoms with Crippen molar-refractivity contribution in [1.82, 2.24) is 9.80 Å². The smallest absolute Gasteiger partial charge is 0.223 e. The predicted molar refractivity (Wildman–Crippen MR) is 155 cm³/mol. The predicted octanol–water partition coefficient (Wildman–Crippen LogP) is 7.96. The third-order valence-electron chi connectivity index (χ3n) is 6.98. The van der Waals surface area contributed by atoms with Crippen LogP contribution in [0, 0.1) is 5.41 Å². The maximum Gasteiger partial charge on any atom is 0.223 e. The van der Waals surface area contributed by atoms with E-state index in [2.05, 4.69) is 56.7 Å². The van der Waals surface area contributed by atoms with Gasteiger partial charge in [0.2, 0.25) is 5.91 Å². The van der Waals surface area contributed by atoms with Gasteiger partial charge in [0, 0.05) is 59.4 Å². The molecular weight excluding hydrogens is 513 g/mol. The number of amides is 1. The fourth-order valence-electron chi connectivity index (χ4n) is 4.81. The summed E-state index contributed by atoms with van der Waals surface area (Å²) in [7, 11) is 2.12. The Kier molecular flexibility index (Phi) is 10.4. The Bertz CT molecular complexity index is 1010. The van der Waals surface area contributed by atoms with Crippen molar-refractivity contribution in [2.75, 3.05) is 38.1 Å². The second kappa shape index (κ2) is 12.9. The van der Waals surface area contributed by atoms with Gasteiger partial charge in [-0.2, -0.15) is 0 Å². The number of rotatable bonds is 3. The van der Waals surface area contributed by atoms with Crippen LogP contribution < -0.4 is 4.90 Å². The van der Waals surface area contributed by atoms with Gasteiger partial charge in [0.05, 0.1) is 6.04 Å². The summed E-state index contributed by atoms with van der Waals surface area (Å²) < 4.78 is 0. The van der Waals surface area contributed by atoms with Crippen LogP contribution in [-0.2, 0) is 4.79 Å². The first kappa shape index (κ1) is 29.1. The van der Waals surface area contributed by atoms with Gasteiger partial charge >= 0.3 is 0 Å². The monoisotopic (exact) mass is 551 g/mol. The van der Waals surface area contributed by atoms with Gasteiger partial charge in [0.25, 0.3) is 0 Å². The number of carbonyl (C=O) groups is 1. The molecule has 2 heterocycles. The molecule has 2 saturated heterocycles. The van der Waals surface area contributed by atoms with E-state index in [0.29, 0.717) is 29.4 Å². The number of hydrogen-bond donors (Lipinski definition) is 0. The van der Waals surface area contributed by atoms with E-state index in [-0.39, 0.29) is 5.41 Å². The molecule has 0 spiro atoms. The fourth-order valence-corrected chi connectivity index (χ4v) is 5.47. The van der Waals surface area contributed by atoms with E-state index in [1.165, 1.54) is 18.5 Å². The number of anilines is 1. The largest absolute Gasteiger partial charge is 0.364 e. The lowest BCUT2D eigenvalue weighted by Crippen LogP contribution is -2.52. The van der Waals surface area contributed by atoms with Gasteiger partial charge in [-0.3, -0.25) is 4.79 Å². The average molecular weight is 553 g/mol. The first-order valence-electron chi connectivity index (χ1n) is 12.9. The van der Waals surface area contributed by atoms with Crippen LogP contribution in [0.1, 0.15) is 65.0 Å². The van der Waals surface area contributed by atoms with E-state index in [1.807, 2.05) is 35.2 Å². The summed E-state index contributed by atoms with van der Waals surface area (Å²) in [5.74, 6) is 0.308. The highest BCUT2D eigenvalue weighted by atomic mass is 35.5. The van der Waals surface area contributed by atoms with Gasteiger partial charge in [-0.05, 0) is 80.6 Å². The summed E-state index contributed by atoms with van der Waals surface area (Å²) in [5, 5.41) is 2.18. The van der Waals surface area contributed by atoms with E-state index < -0.39 is 0 Å². The highest BCUT2D eigenvalue weighted by Crippen LogP contribution is 2.39. The molecule has 2 aliphatic heterocycles. The number of piperidine rings is 1.